The predicted octanol–water partition coefficient (Wildman–Crippen LogP) is -1.72. The molecule has 1 rings (SSSR count). The van der Waals surface area contributed by atoms with E-state index in [4.69, 9.17) is 10.8 Å². The Bertz CT molecular complexity index is 442. The molecule has 0 aromatic rings. The molecule has 8 nitrogen and oxygen atoms in total. The molecule has 1 unspecified atom stereocenters. The molecule has 110 valence electrons. The molecule has 1 heterocycles. The van der Waals surface area contributed by atoms with Gasteiger partial charge in [0.05, 0.1) is 12.3 Å². The minimum atomic E-state index is -3.23. The van der Waals surface area contributed by atoms with E-state index in [1.54, 1.807) is 0 Å². The lowest BCUT2D eigenvalue weighted by atomic mass is 10.1. The molecule has 0 spiro atoms. The number of amides is 1. The van der Waals surface area contributed by atoms with E-state index in [1.807, 2.05) is 0 Å². The first-order valence-corrected chi connectivity index (χ1v) is 7.78. The standard InChI is InChI=1S/C10H19N3O5S/c1-19(17,18)13-6-4-12(5-7-13)10(16)8(11)2-3-9(14)15/h8H,2-7,11H2,1H3,(H,14,15). The zero-order valence-electron chi connectivity index (χ0n) is 10.8. The van der Waals surface area contributed by atoms with Crippen molar-refractivity contribution in [3.8, 4) is 0 Å². The van der Waals surface area contributed by atoms with Gasteiger partial charge in [-0.1, -0.05) is 0 Å². The van der Waals surface area contributed by atoms with Crippen LogP contribution in [0.2, 0.25) is 0 Å². The van der Waals surface area contributed by atoms with Crippen molar-refractivity contribution < 1.29 is 23.1 Å². The Morgan fingerprint density at radius 3 is 2.21 bits per heavy atom. The van der Waals surface area contributed by atoms with E-state index in [9.17, 15) is 18.0 Å². The largest absolute Gasteiger partial charge is 0.481 e. The maximum atomic E-state index is 11.9. The molecule has 1 aliphatic rings. The van der Waals surface area contributed by atoms with Gasteiger partial charge < -0.3 is 15.7 Å². The number of nitrogens with two attached hydrogens (primary N) is 1. The van der Waals surface area contributed by atoms with Gasteiger partial charge in [0.1, 0.15) is 0 Å². The molecule has 1 fully saturated rings. The zero-order valence-corrected chi connectivity index (χ0v) is 11.6. The summed E-state index contributed by atoms with van der Waals surface area (Å²) in [6.07, 6.45) is 1.06. The van der Waals surface area contributed by atoms with E-state index in [-0.39, 0.29) is 44.9 Å². The number of carbonyl (C=O) groups is 2. The number of carboxylic acid groups (broad SMARTS) is 1. The lowest BCUT2D eigenvalue weighted by Crippen LogP contribution is -2.54. The van der Waals surface area contributed by atoms with Crippen molar-refractivity contribution >= 4 is 21.9 Å². The number of carboxylic acids is 1. The minimum absolute atomic E-state index is 0.0838. The summed E-state index contributed by atoms with van der Waals surface area (Å²) in [4.78, 5) is 23.8. The van der Waals surface area contributed by atoms with Crippen LogP contribution in [0.5, 0.6) is 0 Å². The van der Waals surface area contributed by atoms with Crippen LogP contribution in [-0.4, -0.2) is 73.1 Å². The second-order valence-electron chi connectivity index (χ2n) is 4.53. The number of carbonyl (C=O) groups excluding carboxylic acids is 1. The van der Waals surface area contributed by atoms with Crippen molar-refractivity contribution in [3.05, 3.63) is 0 Å². The molecule has 0 radical (unpaired) electrons. The van der Waals surface area contributed by atoms with Crippen LogP contribution in [-0.2, 0) is 19.6 Å². The van der Waals surface area contributed by atoms with Gasteiger partial charge in [0.25, 0.3) is 0 Å². The summed E-state index contributed by atoms with van der Waals surface area (Å²) in [5, 5.41) is 8.52. The van der Waals surface area contributed by atoms with E-state index >= 15 is 0 Å². The third-order valence-corrected chi connectivity index (χ3v) is 4.31. The van der Waals surface area contributed by atoms with Crippen molar-refractivity contribution in [1.29, 1.82) is 0 Å². The molecule has 1 saturated heterocycles. The lowest BCUT2D eigenvalue weighted by molar-refractivity contribution is -0.138. The van der Waals surface area contributed by atoms with Crippen LogP contribution >= 0.6 is 0 Å². The fourth-order valence-electron chi connectivity index (χ4n) is 1.88. The number of sulfonamides is 1. The number of nitrogens with zero attached hydrogens (tertiary/aromatic N) is 2. The molecule has 1 amide bonds. The molecular formula is C10H19N3O5S. The summed E-state index contributed by atoms with van der Waals surface area (Å²) < 4.78 is 23.9. The van der Waals surface area contributed by atoms with Crippen molar-refractivity contribution in [2.45, 2.75) is 18.9 Å². The van der Waals surface area contributed by atoms with Gasteiger partial charge in [-0.25, -0.2) is 8.42 Å². The van der Waals surface area contributed by atoms with Gasteiger partial charge in [-0.3, -0.25) is 9.59 Å². The molecule has 19 heavy (non-hydrogen) atoms. The Labute approximate surface area is 112 Å². The second kappa shape index (κ2) is 6.31. The van der Waals surface area contributed by atoms with Crippen LogP contribution in [0, 0.1) is 0 Å². The molecule has 1 atom stereocenters. The maximum absolute atomic E-state index is 11.9. The van der Waals surface area contributed by atoms with Gasteiger partial charge in [0.2, 0.25) is 15.9 Å². The van der Waals surface area contributed by atoms with E-state index in [0.717, 1.165) is 6.26 Å². The molecule has 0 aromatic carbocycles. The molecule has 0 aromatic heterocycles. The van der Waals surface area contributed by atoms with Crippen LogP contribution in [0.4, 0.5) is 0 Å². The molecule has 3 N–H and O–H groups in total. The number of piperazine rings is 1. The third-order valence-electron chi connectivity index (χ3n) is 3.01. The zero-order chi connectivity index (χ0) is 14.6. The molecule has 0 bridgehead atoms. The summed E-state index contributed by atoms with van der Waals surface area (Å²) in [5.74, 6) is -1.32. The highest BCUT2D eigenvalue weighted by atomic mass is 32.2. The molecule has 9 heteroatoms. The fraction of sp³-hybridized carbons (Fsp3) is 0.800. The number of hydrogen-bond donors (Lipinski definition) is 2. The molecule has 0 saturated carbocycles. The van der Waals surface area contributed by atoms with Crippen LogP contribution < -0.4 is 5.73 Å². The van der Waals surface area contributed by atoms with Crippen molar-refractivity contribution in [1.82, 2.24) is 9.21 Å². The van der Waals surface area contributed by atoms with E-state index < -0.39 is 22.0 Å². The van der Waals surface area contributed by atoms with E-state index in [2.05, 4.69) is 0 Å². The third kappa shape index (κ3) is 4.77. The molecule has 1 aliphatic heterocycles. The smallest absolute Gasteiger partial charge is 0.303 e. The maximum Gasteiger partial charge on any atom is 0.303 e. The summed E-state index contributed by atoms with van der Waals surface area (Å²) in [7, 11) is -3.23. The summed E-state index contributed by atoms with van der Waals surface area (Å²) in [6, 6.07) is -0.846. The average Bonchev–Trinajstić information content (AvgIpc) is 2.34. The topological polar surface area (TPSA) is 121 Å². The van der Waals surface area contributed by atoms with Gasteiger partial charge in [-0.05, 0) is 6.42 Å². The quantitative estimate of drug-likeness (QED) is 0.622. The number of rotatable bonds is 5. The van der Waals surface area contributed by atoms with Gasteiger partial charge in [-0.15, -0.1) is 0 Å². The first-order valence-electron chi connectivity index (χ1n) is 5.93. The lowest BCUT2D eigenvalue weighted by Gasteiger charge is -2.34. The van der Waals surface area contributed by atoms with E-state index in [0.29, 0.717) is 0 Å². The Balaban J connectivity index is 2.46. The van der Waals surface area contributed by atoms with Gasteiger partial charge in [-0.2, -0.15) is 4.31 Å². The first-order chi connectivity index (χ1) is 8.71. The Kier molecular flexibility index (Phi) is 5.27. The van der Waals surface area contributed by atoms with Crippen LogP contribution in [0.15, 0.2) is 0 Å². The Hall–Kier alpha value is -1.19. The Morgan fingerprint density at radius 2 is 1.79 bits per heavy atom. The Morgan fingerprint density at radius 1 is 1.26 bits per heavy atom. The normalized spacial score (nSPS) is 19.2. The van der Waals surface area contributed by atoms with Gasteiger partial charge in [0, 0.05) is 32.6 Å². The second-order valence-corrected chi connectivity index (χ2v) is 6.51. The molecule has 0 aliphatic carbocycles. The summed E-state index contributed by atoms with van der Waals surface area (Å²) >= 11 is 0. The summed E-state index contributed by atoms with van der Waals surface area (Å²) in [5.41, 5.74) is 5.63. The first kappa shape index (κ1) is 15.9. The van der Waals surface area contributed by atoms with Crippen molar-refractivity contribution in [2.75, 3.05) is 32.4 Å². The average molecular weight is 293 g/mol. The highest BCUT2D eigenvalue weighted by Crippen LogP contribution is 2.08. The highest BCUT2D eigenvalue weighted by Gasteiger charge is 2.28. The monoisotopic (exact) mass is 293 g/mol. The van der Waals surface area contributed by atoms with Crippen LogP contribution in [0.3, 0.4) is 0 Å². The predicted molar refractivity (Wildman–Crippen MR) is 67.8 cm³/mol. The van der Waals surface area contributed by atoms with Crippen molar-refractivity contribution in [2.24, 2.45) is 5.73 Å². The highest BCUT2D eigenvalue weighted by molar-refractivity contribution is 7.88. The van der Waals surface area contributed by atoms with Gasteiger partial charge >= 0.3 is 5.97 Å². The van der Waals surface area contributed by atoms with Crippen LogP contribution in [0.25, 0.3) is 0 Å². The minimum Gasteiger partial charge on any atom is -0.481 e. The van der Waals surface area contributed by atoms with Crippen LogP contribution in [0.1, 0.15) is 12.8 Å². The SMILES string of the molecule is CS(=O)(=O)N1CCN(C(=O)C(N)CCC(=O)O)CC1. The van der Waals surface area contributed by atoms with Crippen molar-refractivity contribution in [3.63, 3.8) is 0 Å². The van der Waals surface area contributed by atoms with Gasteiger partial charge in [0.15, 0.2) is 0 Å². The number of aliphatic carboxylic acids is 1. The molecular weight excluding hydrogens is 274 g/mol. The summed E-state index contributed by atoms with van der Waals surface area (Å²) in [6.45, 7) is 1.06. The fourth-order valence-corrected chi connectivity index (χ4v) is 2.70. The van der Waals surface area contributed by atoms with E-state index in [1.165, 1.54) is 9.21 Å². The number of hydrogen-bond acceptors (Lipinski definition) is 5.